The summed E-state index contributed by atoms with van der Waals surface area (Å²) >= 11 is 2.99. The molecule has 4 aromatic carbocycles. The molecule has 49 heavy (non-hydrogen) atoms. The fourth-order valence-electron chi connectivity index (χ4n) is 5.50. The second kappa shape index (κ2) is 14.7. The lowest BCUT2D eigenvalue weighted by atomic mass is 9.98. The lowest BCUT2D eigenvalue weighted by molar-refractivity contribution is -0.145. The van der Waals surface area contributed by atoms with Gasteiger partial charge in [0, 0.05) is 30.7 Å². The Hall–Kier alpha value is -4.21. The highest BCUT2D eigenvalue weighted by molar-refractivity contribution is 7.99. The average molecular weight is 715 g/mol. The molecular weight excluding hydrogens is 680 g/mol. The molecule has 1 N–H and O–H groups in total. The van der Waals surface area contributed by atoms with Crippen LogP contribution in [0.2, 0.25) is 0 Å². The Labute approximate surface area is 294 Å². The van der Waals surface area contributed by atoms with Crippen molar-refractivity contribution in [3.8, 4) is 0 Å². The Bertz CT molecular complexity index is 1900. The van der Waals surface area contributed by atoms with E-state index < -0.39 is 19.7 Å². The van der Waals surface area contributed by atoms with Crippen LogP contribution in [0, 0.1) is 0 Å². The number of rotatable bonds is 10. The summed E-state index contributed by atoms with van der Waals surface area (Å²) in [6.45, 7) is 7.66. The molecule has 0 aromatic heterocycles. The minimum atomic E-state index is -4.82. The zero-order chi connectivity index (χ0) is 34.7. The van der Waals surface area contributed by atoms with Gasteiger partial charge in [0.05, 0.1) is 25.0 Å². The second-order valence-corrected chi connectivity index (χ2v) is 14.9. The summed E-state index contributed by atoms with van der Waals surface area (Å²) in [5.74, 6) is -1.38. The molecule has 0 spiro atoms. The first-order valence-corrected chi connectivity index (χ1v) is 19.0. The van der Waals surface area contributed by atoms with Crippen LogP contribution in [0.1, 0.15) is 72.9 Å². The van der Waals surface area contributed by atoms with Crippen molar-refractivity contribution in [2.75, 3.05) is 13.2 Å². The van der Waals surface area contributed by atoms with Gasteiger partial charge in [-0.05, 0) is 98.5 Å². The van der Waals surface area contributed by atoms with Crippen LogP contribution in [0.15, 0.2) is 105 Å². The average Bonchev–Trinajstić information content (AvgIpc) is 3.33. The SMILES string of the molecule is CCOC(=O)C(C)c1ccc2c(c1)C=C(OP(=O)(O)OC1=Cc3cc(C(C)C(=O)OCC)ccc3Sc3ccccc31)c1ccccc1S2. The molecule has 0 radical (unpaired) electrons. The van der Waals surface area contributed by atoms with Gasteiger partial charge in [0.2, 0.25) is 0 Å². The number of benzene rings is 4. The molecule has 6 rings (SSSR count). The standard InChI is InChI=1S/C38H35O8PS2/c1-5-43-37(39)23(3)25-15-17-33-27(19-25)21-31(29-11-7-9-13-35(29)48-33)45-47(41,42)46-32-22-28-20-26(24(4)38(40)44-6-2)16-18-34(28)49-36-14-10-8-12-30(32)36/h7-24H,5-6H2,1-4H3,(H,41,42). The number of phosphoric ester groups is 1. The van der Waals surface area contributed by atoms with Gasteiger partial charge in [-0.1, -0.05) is 72.1 Å². The van der Waals surface area contributed by atoms with E-state index in [0.29, 0.717) is 11.1 Å². The Kier molecular flexibility index (Phi) is 10.4. The van der Waals surface area contributed by atoms with Gasteiger partial charge in [-0.3, -0.25) is 14.5 Å². The normalized spacial score (nSPS) is 15.5. The van der Waals surface area contributed by atoms with Crippen molar-refractivity contribution >= 4 is 67.0 Å². The van der Waals surface area contributed by atoms with Crippen LogP contribution >= 0.6 is 31.3 Å². The molecule has 252 valence electrons. The number of hydrogen-bond donors (Lipinski definition) is 1. The van der Waals surface area contributed by atoms with E-state index in [0.717, 1.165) is 41.8 Å². The summed E-state index contributed by atoms with van der Waals surface area (Å²) < 4.78 is 36.3. The van der Waals surface area contributed by atoms with E-state index in [1.165, 1.54) is 23.5 Å². The van der Waals surface area contributed by atoms with Gasteiger partial charge in [0.25, 0.3) is 0 Å². The van der Waals surface area contributed by atoms with Crippen molar-refractivity contribution in [1.29, 1.82) is 0 Å². The summed E-state index contributed by atoms with van der Waals surface area (Å²) in [4.78, 5) is 39.9. The predicted octanol–water partition coefficient (Wildman–Crippen LogP) is 9.78. The van der Waals surface area contributed by atoms with Crippen molar-refractivity contribution < 1.29 is 37.6 Å². The highest BCUT2D eigenvalue weighted by Crippen LogP contribution is 2.55. The number of fused-ring (bicyclic) bond motifs is 4. The van der Waals surface area contributed by atoms with E-state index in [1.807, 2.05) is 84.9 Å². The molecule has 2 aliphatic heterocycles. The molecule has 11 heteroatoms. The van der Waals surface area contributed by atoms with Crippen molar-refractivity contribution in [3.05, 3.63) is 118 Å². The van der Waals surface area contributed by atoms with E-state index >= 15 is 0 Å². The van der Waals surface area contributed by atoms with Crippen molar-refractivity contribution in [1.82, 2.24) is 0 Å². The maximum atomic E-state index is 14.0. The van der Waals surface area contributed by atoms with E-state index in [4.69, 9.17) is 18.5 Å². The van der Waals surface area contributed by atoms with E-state index in [2.05, 4.69) is 0 Å². The predicted molar refractivity (Wildman–Crippen MR) is 192 cm³/mol. The maximum Gasteiger partial charge on any atom is 0.584 e. The third-order valence-corrected chi connectivity index (χ3v) is 11.3. The molecular formula is C38H35O8PS2. The number of phosphoric acid groups is 1. The molecule has 0 saturated carbocycles. The fourth-order valence-corrected chi connectivity index (χ4v) is 8.41. The largest absolute Gasteiger partial charge is 0.584 e. The van der Waals surface area contributed by atoms with Crippen molar-refractivity contribution in [2.45, 2.75) is 59.1 Å². The number of ether oxygens (including phenoxy) is 2. The summed E-state index contributed by atoms with van der Waals surface area (Å²) in [7, 11) is -4.82. The maximum absolute atomic E-state index is 14.0. The molecule has 2 aliphatic rings. The molecule has 2 unspecified atom stereocenters. The zero-order valence-electron chi connectivity index (χ0n) is 27.4. The number of hydrogen-bond acceptors (Lipinski definition) is 9. The monoisotopic (exact) mass is 714 g/mol. The minimum absolute atomic E-state index is 0.149. The molecule has 4 aromatic rings. The molecule has 2 heterocycles. The number of carbonyl (C=O) groups is 2. The lowest BCUT2D eigenvalue weighted by Gasteiger charge is -2.19. The minimum Gasteiger partial charge on any atom is -0.466 e. The number of carbonyl (C=O) groups excluding carboxylic acids is 2. The second-order valence-electron chi connectivity index (χ2n) is 11.4. The van der Waals surface area contributed by atoms with E-state index in [1.54, 1.807) is 39.8 Å². The Morgan fingerprint density at radius 2 is 1.06 bits per heavy atom. The van der Waals surface area contributed by atoms with Gasteiger partial charge in [-0.15, -0.1) is 0 Å². The Balaban J connectivity index is 1.37. The van der Waals surface area contributed by atoms with Crippen LogP contribution < -0.4 is 0 Å². The van der Waals surface area contributed by atoms with Crippen LogP contribution in [0.5, 0.6) is 0 Å². The van der Waals surface area contributed by atoms with Gasteiger partial charge in [-0.2, -0.15) is 0 Å². The lowest BCUT2D eigenvalue weighted by Crippen LogP contribution is -2.13. The quantitative estimate of drug-likeness (QED) is 0.126. The first kappa shape index (κ1) is 34.6. The first-order valence-electron chi connectivity index (χ1n) is 15.9. The highest BCUT2D eigenvalue weighted by Gasteiger charge is 2.32. The van der Waals surface area contributed by atoms with E-state index in [9.17, 15) is 19.0 Å². The van der Waals surface area contributed by atoms with Crippen molar-refractivity contribution in [3.63, 3.8) is 0 Å². The molecule has 2 atom stereocenters. The van der Waals surface area contributed by atoms with Crippen LogP contribution in [-0.2, 0) is 32.7 Å². The fraction of sp³-hybridized carbons (Fsp3) is 0.211. The molecule has 0 fully saturated rings. The third kappa shape index (κ3) is 7.68. The molecule has 0 bridgehead atoms. The van der Waals surface area contributed by atoms with E-state index in [-0.39, 0.29) is 36.7 Å². The molecule has 0 saturated heterocycles. The smallest absolute Gasteiger partial charge is 0.466 e. The summed E-state index contributed by atoms with van der Waals surface area (Å²) in [5, 5.41) is 0. The van der Waals surface area contributed by atoms with Gasteiger partial charge < -0.3 is 18.5 Å². The van der Waals surface area contributed by atoms with Crippen LogP contribution in [-0.4, -0.2) is 30.0 Å². The van der Waals surface area contributed by atoms with Gasteiger partial charge in [-0.25, -0.2) is 4.57 Å². The zero-order valence-corrected chi connectivity index (χ0v) is 29.9. The summed E-state index contributed by atoms with van der Waals surface area (Å²) in [6.07, 6.45) is 3.40. The van der Waals surface area contributed by atoms with Gasteiger partial charge in [0.1, 0.15) is 11.5 Å². The van der Waals surface area contributed by atoms with Crippen LogP contribution in [0.25, 0.3) is 23.7 Å². The van der Waals surface area contributed by atoms with Gasteiger partial charge >= 0.3 is 19.8 Å². The molecule has 0 amide bonds. The molecule has 8 nitrogen and oxygen atoms in total. The third-order valence-electron chi connectivity index (χ3n) is 8.09. The molecule has 0 aliphatic carbocycles. The highest BCUT2D eigenvalue weighted by atomic mass is 32.2. The number of esters is 2. The Morgan fingerprint density at radius 1 is 0.653 bits per heavy atom. The van der Waals surface area contributed by atoms with Crippen LogP contribution in [0.3, 0.4) is 0 Å². The summed E-state index contributed by atoms with van der Waals surface area (Å²) in [6, 6.07) is 26.3. The summed E-state index contributed by atoms with van der Waals surface area (Å²) in [5.41, 5.74) is 4.17. The Morgan fingerprint density at radius 3 is 1.47 bits per heavy atom. The van der Waals surface area contributed by atoms with Crippen molar-refractivity contribution in [2.24, 2.45) is 0 Å². The topological polar surface area (TPSA) is 108 Å². The van der Waals surface area contributed by atoms with Crippen LogP contribution in [0.4, 0.5) is 0 Å². The first-order chi connectivity index (χ1) is 23.6. The van der Waals surface area contributed by atoms with Gasteiger partial charge in [0.15, 0.2) is 0 Å².